The molecule has 0 atom stereocenters. The summed E-state index contributed by atoms with van der Waals surface area (Å²) < 4.78 is 14.6. The fourth-order valence-corrected chi connectivity index (χ4v) is 1.38. The van der Waals surface area contributed by atoms with Gasteiger partial charge in [0.25, 0.3) is 5.95 Å². The first kappa shape index (κ1) is 14.9. The van der Waals surface area contributed by atoms with E-state index in [1.807, 2.05) is 6.92 Å². The molecule has 0 unspecified atom stereocenters. The molecule has 8 heteroatoms. The van der Waals surface area contributed by atoms with Gasteiger partial charge in [-0.1, -0.05) is 25.1 Å². The van der Waals surface area contributed by atoms with E-state index in [4.69, 9.17) is 5.84 Å². The van der Waals surface area contributed by atoms with E-state index in [9.17, 15) is 4.39 Å². The smallest absolute Gasteiger partial charge is 0.263 e. The number of anilines is 1. The minimum absolute atomic E-state index is 0. The van der Waals surface area contributed by atoms with E-state index in [1.165, 1.54) is 17.0 Å². The lowest BCUT2D eigenvalue weighted by atomic mass is 10.2. The molecule has 0 saturated carbocycles. The molecule has 0 aliphatic heterocycles. The van der Waals surface area contributed by atoms with E-state index in [1.54, 1.807) is 18.2 Å². The molecule has 1 heterocycles. The Morgan fingerprint density at radius 3 is 2.79 bits per heavy atom. The average molecular weight is 285 g/mol. The fourth-order valence-electron chi connectivity index (χ4n) is 1.38. The van der Waals surface area contributed by atoms with E-state index in [0.29, 0.717) is 23.8 Å². The molecule has 0 spiro atoms. The molecule has 2 rings (SSSR count). The van der Waals surface area contributed by atoms with Gasteiger partial charge in [-0.3, -0.25) is 0 Å². The van der Waals surface area contributed by atoms with Crippen LogP contribution in [0, 0.1) is 5.82 Å². The van der Waals surface area contributed by atoms with Crippen LogP contribution in [-0.4, -0.2) is 21.1 Å². The van der Waals surface area contributed by atoms with Gasteiger partial charge >= 0.3 is 0 Å². The first-order valence-corrected chi connectivity index (χ1v) is 5.45. The number of nitrogen functional groups attached to an aromatic ring is 1. The first-order valence-electron chi connectivity index (χ1n) is 5.45. The number of nitrogens with two attached hydrogens (primary N) is 1. The summed E-state index contributed by atoms with van der Waals surface area (Å²) in [6.45, 7) is 1.92. The van der Waals surface area contributed by atoms with Crippen LogP contribution in [0.4, 0.5) is 10.3 Å². The van der Waals surface area contributed by atoms with Crippen LogP contribution in [0.25, 0.3) is 0 Å². The van der Waals surface area contributed by atoms with Crippen molar-refractivity contribution in [1.82, 2.24) is 14.9 Å². The molecule has 0 aliphatic carbocycles. The molecule has 19 heavy (non-hydrogen) atoms. The Bertz CT molecular complexity index is 568. The summed E-state index contributed by atoms with van der Waals surface area (Å²) in [6.07, 6.45) is 2.03. The van der Waals surface area contributed by atoms with Crippen molar-refractivity contribution in [3.8, 4) is 0 Å². The van der Waals surface area contributed by atoms with Gasteiger partial charge in [0.05, 0.1) is 6.21 Å². The summed E-state index contributed by atoms with van der Waals surface area (Å²) >= 11 is 0. The second-order valence-corrected chi connectivity index (χ2v) is 3.55. The predicted molar refractivity (Wildman–Crippen MR) is 74.4 cm³/mol. The maximum atomic E-state index is 13.3. The molecule has 0 fully saturated rings. The number of hydrogen-bond donors (Lipinski definition) is 2. The fraction of sp³-hybridized carbons (Fsp3) is 0.182. The number of hydrazone groups is 1. The summed E-state index contributed by atoms with van der Waals surface area (Å²) in [5.41, 5.74) is 2.99. The highest BCUT2D eigenvalue weighted by Crippen LogP contribution is 2.05. The van der Waals surface area contributed by atoms with Gasteiger partial charge in [-0.05, 0) is 6.07 Å². The van der Waals surface area contributed by atoms with Crippen LogP contribution >= 0.6 is 12.4 Å². The van der Waals surface area contributed by atoms with Crippen molar-refractivity contribution in [3.63, 3.8) is 0 Å². The molecule has 0 saturated heterocycles. The zero-order valence-corrected chi connectivity index (χ0v) is 11.1. The number of aromatic nitrogens is 3. The van der Waals surface area contributed by atoms with Crippen molar-refractivity contribution >= 4 is 24.6 Å². The second kappa shape index (κ2) is 6.69. The Balaban J connectivity index is 0.00000180. The molecule has 3 N–H and O–H groups in total. The van der Waals surface area contributed by atoms with Gasteiger partial charge in [0, 0.05) is 12.0 Å². The largest absolute Gasteiger partial charge is 0.335 e. The van der Waals surface area contributed by atoms with Crippen LogP contribution in [-0.2, 0) is 6.42 Å². The minimum atomic E-state index is -0.341. The van der Waals surface area contributed by atoms with Crippen LogP contribution in [0.1, 0.15) is 18.3 Å². The molecular weight excluding hydrogens is 271 g/mol. The van der Waals surface area contributed by atoms with Gasteiger partial charge in [0.1, 0.15) is 5.82 Å². The number of hydrogen-bond acceptors (Lipinski definition) is 5. The number of rotatable bonds is 4. The molecule has 102 valence electrons. The lowest BCUT2D eigenvalue weighted by Crippen LogP contribution is -2.14. The molecule has 2 aromatic rings. The summed E-state index contributed by atoms with van der Waals surface area (Å²) in [6, 6.07) is 6.32. The summed E-state index contributed by atoms with van der Waals surface area (Å²) in [5.74, 6) is 6.31. The van der Waals surface area contributed by atoms with Gasteiger partial charge < -0.3 is 5.84 Å². The van der Waals surface area contributed by atoms with Crippen molar-refractivity contribution in [2.24, 2.45) is 5.10 Å². The maximum absolute atomic E-state index is 13.3. The number of aryl methyl sites for hydroxylation is 1. The molecule has 0 bridgehead atoms. The number of nitrogens with zero attached hydrogens (tertiary/aromatic N) is 4. The Hall–Kier alpha value is -2.15. The molecule has 6 nitrogen and oxygen atoms in total. The normalized spacial score (nSPS) is 10.4. The van der Waals surface area contributed by atoms with Crippen molar-refractivity contribution in [2.45, 2.75) is 13.3 Å². The molecule has 1 aromatic carbocycles. The Morgan fingerprint density at radius 1 is 1.42 bits per heavy atom. The van der Waals surface area contributed by atoms with E-state index in [0.717, 1.165) is 0 Å². The van der Waals surface area contributed by atoms with Crippen molar-refractivity contribution < 1.29 is 4.39 Å². The zero-order valence-electron chi connectivity index (χ0n) is 10.2. The SMILES string of the molecule is CCc1nnc(NN=Cc2ccccc2F)n1N.Cl. The Labute approximate surface area is 115 Å². The lowest BCUT2D eigenvalue weighted by Gasteiger charge is -2.00. The van der Waals surface area contributed by atoms with E-state index in [2.05, 4.69) is 20.7 Å². The third-order valence-corrected chi connectivity index (χ3v) is 2.36. The van der Waals surface area contributed by atoms with E-state index in [-0.39, 0.29) is 18.2 Å². The lowest BCUT2D eigenvalue weighted by molar-refractivity contribution is 0.626. The second-order valence-electron chi connectivity index (χ2n) is 3.55. The Morgan fingerprint density at radius 2 is 2.16 bits per heavy atom. The minimum Gasteiger partial charge on any atom is -0.335 e. The molecule has 0 amide bonds. The average Bonchev–Trinajstić information content (AvgIpc) is 2.73. The van der Waals surface area contributed by atoms with Crippen molar-refractivity contribution in [1.29, 1.82) is 0 Å². The van der Waals surface area contributed by atoms with Crippen LogP contribution in [0.15, 0.2) is 29.4 Å². The highest BCUT2D eigenvalue weighted by atomic mass is 35.5. The van der Waals surface area contributed by atoms with Crippen LogP contribution in [0.2, 0.25) is 0 Å². The van der Waals surface area contributed by atoms with Gasteiger partial charge in [0.15, 0.2) is 5.82 Å². The topological polar surface area (TPSA) is 81.1 Å². The molecule has 0 radical (unpaired) electrons. The van der Waals surface area contributed by atoms with Gasteiger partial charge in [-0.2, -0.15) is 5.10 Å². The zero-order chi connectivity index (χ0) is 13.0. The van der Waals surface area contributed by atoms with Crippen LogP contribution < -0.4 is 11.3 Å². The maximum Gasteiger partial charge on any atom is 0.263 e. The molecular formula is C11H14ClFN6. The summed E-state index contributed by atoms with van der Waals surface area (Å²) in [5, 5.41) is 11.5. The van der Waals surface area contributed by atoms with Crippen molar-refractivity contribution in [2.75, 3.05) is 11.3 Å². The Kier molecular flexibility index (Phi) is 5.25. The highest BCUT2D eigenvalue weighted by molar-refractivity contribution is 5.85. The first-order chi connectivity index (χ1) is 8.72. The third kappa shape index (κ3) is 3.41. The van der Waals surface area contributed by atoms with Gasteiger partial charge in [-0.25, -0.2) is 14.5 Å². The third-order valence-electron chi connectivity index (χ3n) is 2.36. The summed E-state index contributed by atoms with van der Waals surface area (Å²) in [4.78, 5) is 0. The monoisotopic (exact) mass is 284 g/mol. The van der Waals surface area contributed by atoms with Crippen LogP contribution in [0.5, 0.6) is 0 Å². The molecule has 1 aromatic heterocycles. The summed E-state index contributed by atoms with van der Waals surface area (Å²) in [7, 11) is 0. The van der Waals surface area contributed by atoms with E-state index >= 15 is 0 Å². The van der Waals surface area contributed by atoms with Crippen molar-refractivity contribution in [3.05, 3.63) is 41.5 Å². The standard InChI is InChI=1S/C11H13FN6.ClH/c1-2-10-15-17-11(18(10)13)16-14-7-8-5-3-4-6-9(8)12;/h3-7H,2,13H2,1H3,(H,16,17);1H. The number of nitrogens with one attached hydrogen (secondary N) is 1. The predicted octanol–water partition coefficient (Wildman–Crippen LogP) is 1.56. The quantitative estimate of drug-likeness (QED) is 0.507. The molecule has 0 aliphatic rings. The van der Waals surface area contributed by atoms with Gasteiger partial charge in [0.2, 0.25) is 0 Å². The number of benzene rings is 1. The van der Waals surface area contributed by atoms with Crippen LogP contribution in [0.3, 0.4) is 0 Å². The van der Waals surface area contributed by atoms with E-state index < -0.39 is 0 Å². The number of halogens is 2. The highest BCUT2D eigenvalue weighted by Gasteiger charge is 2.05. The van der Waals surface area contributed by atoms with Gasteiger partial charge in [-0.15, -0.1) is 22.6 Å².